The van der Waals surface area contributed by atoms with Crippen LogP contribution in [-0.2, 0) is 0 Å². The van der Waals surface area contributed by atoms with E-state index in [-0.39, 0.29) is 22.4 Å². The van der Waals surface area contributed by atoms with Crippen LogP contribution in [0.5, 0.6) is 11.5 Å². The van der Waals surface area contributed by atoms with Gasteiger partial charge in [-0.15, -0.1) is 11.3 Å². The molecule has 7 heteroatoms. The second-order valence-electron chi connectivity index (χ2n) is 3.73. The number of amides is 1. The summed E-state index contributed by atoms with van der Waals surface area (Å²) in [6, 6.07) is 6.56. The fourth-order valence-corrected chi connectivity index (χ4v) is 2.28. The van der Waals surface area contributed by atoms with Gasteiger partial charge in [0.05, 0.1) is 23.2 Å². The van der Waals surface area contributed by atoms with Gasteiger partial charge in [0.1, 0.15) is 0 Å². The van der Waals surface area contributed by atoms with Crippen molar-refractivity contribution in [3.8, 4) is 11.5 Å². The smallest absolute Gasteiger partial charge is 0.281 e. The first-order chi connectivity index (χ1) is 9.61. The molecular weight excluding hydrogens is 300 g/mol. The van der Waals surface area contributed by atoms with Gasteiger partial charge in [0.2, 0.25) is 0 Å². The Morgan fingerprint density at radius 3 is 3.00 bits per heavy atom. The van der Waals surface area contributed by atoms with Crippen molar-refractivity contribution in [1.82, 2.24) is 5.43 Å². The number of halogens is 1. The molecule has 1 heterocycles. The van der Waals surface area contributed by atoms with Crippen LogP contribution in [0.2, 0.25) is 5.02 Å². The van der Waals surface area contributed by atoms with Crippen molar-refractivity contribution in [1.29, 1.82) is 0 Å². The maximum atomic E-state index is 11.6. The summed E-state index contributed by atoms with van der Waals surface area (Å²) in [6.07, 6.45) is 1.42. The minimum absolute atomic E-state index is 0.131. The Hall–Kier alpha value is -2.05. The lowest BCUT2D eigenvalue weighted by molar-refractivity contribution is 0.0959. The predicted octanol–water partition coefficient (Wildman–Crippen LogP) is 2.88. The van der Waals surface area contributed by atoms with E-state index in [9.17, 15) is 9.90 Å². The van der Waals surface area contributed by atoms with Crippen molar-refractivity contribution >= 4 is 35.1 Å². The van der Waals surface area contributed by atoms with Crippen molar-refractivity contribution in [3.63, 3.8) is 0 Å². The van der Waals surface area contributed by atoms with Gasteiger partial charge in [-0.25, -0.2) is 5.43 Å². The number of phenols is 1. The van der Waals surface area contributed by atoms with Crippen molar-refractivity contribution in [3.05, 3.63) is 45.1 Å². The molecule has 0 aliphatic heterocycles. The lowest BCUT2D eigenvalue weighted by atomic mass is 10.2. The van der Waals surface area contributed by atoms with Crippen LogP contribution < -0.4 is 10.2 Å². The molecule has 0 saturated carbocycles. The third kappa shape index (κ3) is 3.28. The quantitative estimate of drug-likeness (QED) is 0.674. The number of carbonyl (C=O) groups excluding carboxylic acids is 1. The Labute approximate surface area is 124 Å². The van der Waals surface area contributed by atoms with E-state index in [1.807, 2.05) is 5.38 Å². The first kappa shape index (κ1) is 14.4. The summed E-state index contributed by atoms with van der Waals surface area (Å²) < 4.78 is 4.97. The monoisotopic (exact) mass is 310 g/mol. The molecule has 20 heavy (non-hydrogen) atoms. The van der Waals surface area contributed by atoms with E-state index in [0.717, 1.165) is 0 Å². The average Bonchev–Trinajstić information content (AvgIpc) is 2.96. The number of aromatic hydroxyl groups is 1. The summed E-state index contributed by atoms with van der Waals surface area (Å²) in [4.78, 5) is 12.2. The molecule has 2 rings (SSSR count). The van der Waals surface area contributed by atoms with Gasteiger partial charge in [0, 0.05) is 0 Å². The van der Waals surface area contributed by atoms with Crippen LogP contribution in [-0.4, -0.2) is 24.3 Å². The van der Waals surface area contributed by atoms with Crippen LogP contribution in [0, 0.1) is 0 Å². The molecule has 104 valence electrons. The molecule has 0 radical (unpaired) electrons. The van der Waals surface area contributed by atoms with Gasteiger partial charge in [0.15, 0.2) is 11.5 Å². The average molecular weight is 311 g/mol. The molecule has 0 atom stereocenters. The summed E-state index contributed by atoms with van der Waals surface area (Å²) in [7, 11) is 1.42. The number of rotatable bonds is 4. The number of ether oxygens (including phenoxy) is 1. The normalized spacial score (nSPS) is 10.7. The van der Waals surface area contributed by atoms with Crippen molar-refractivity contribution in [2.24, 2.45) is 5.10 Å². The number of hydrogen-bond donors (Lipinski definition) is 2. The van der Waals surface area contributed by atoms with Gasteiger partial charge in [-0.1, -0.05) is 17.7 Å². The fraction of sp³-hybridized carbons (Fsp3) is 0.0769. The van der Waals surface area contributed by atoms with E-state index in [4.69, 9.17) is 16.3 Å². The SMILES string of the molecule is COc1cc(/C=N/NC(=O)c2cccs2)cc(Cl)c1O. The lowest BCUT2D eigenvalue weighted by Crippen LogP contribution is -2.16. The van der Waals surface area contributed by atoms with Gasteiger partial charge < -0.3 is 9.84 Å². The summed E-state index contributed by atoms with van der Waals surface area (Å²) in [5.41, 5.74) is 2.99. The number of nitrogens with one attached hydrogen (secondary N) is 1. The second kappa shape index (κ2) is 6.40. The molecule has 2 aromatic rings. The highest BCUT2D eigenvalue weighted by Gasteiger charge is 2.08. The molecule has 0 aliphatic carbocycles. The van der Waals surface area contributed by atoms with Crippen LogP contribution in [0.25, 0.3) is 0 Å². The van der Waals surface area contributed by atoms with Crippen LogP contribution in [0.4, 0.5) is 0 Å². The van der Waals surface area contributed by atoms with Gasteiger partial charge in [-0.3, -0.25) is 4.79 Å². The molecule has 2 N–H and O–H groups in total. The van der Waals surface area contributed by atoms with E-state index in [2.05, 4.69) is 10.5 Å². The number of thiophene rings is 1. The van der Waals surface area contributed by atoms with Crippen LogP contribution >= 0.6 is 22.9 Å². The summed E-state index contributed by atoms with van der Waals surface area (Å²) in [5, 5.41) is 15.4. The molecule has 0 saturated heterocycles. The highest BCUT2D eigenvalue weighted by molar-refractivity contribution is 7.12. The maximum Gasteiger partial charge on any atom is 0.281 e. The second-order valence-corrected chi connectivity index (χ2v) is 5.08. The van der Waals surface area contributed by atoms with Crippen LogP contribution in [0.1, 0.15) is 15.2 Å². The zero-order valence-corrected chi connectivity index (χ0v) is 12.0. The van der Waals surface area contributed by atoms with Crippen LogP contribution in [0.15, 0.2) is 34.7 Å². The number of carbonyl (C=O) groups is 1. The van der Waals surface area contributed by atoms with Gasteiger partial charge >= 0.3 is 0 Å². The van der Waals surface area contributed by atoms with Gasteiger partial charge in [0.25, 0.3) is 5.91 Å². The molecule has 1 aromatic carbocycles. The molecule has 0 bridgehead atoms. The first-order valence-electron chi connectivity index (χ1n) is 5.55. The van der Waals surface area contributed by atoms with Gasteiger partial charge in [-0.2, -0.15) is 5.10 Å². The molecule has 0 spiro atoms. The third-order valence-electron chi connectivity index (χ3n) is 2.40. The molecule has 5 nitrogen and oxygen atoms in total. The third-order valence-corrected chi connectivity index (χ3v) is 3.55. The highest BCUT2D eigenvalue weighted by atomic mass is 35.5. The van der Waals surface area contributed by atoms with Crippen LogP contribution in [0.3, 0.4) is 0 Å². The number of hydrogen-bond acceptors (Lipinski definition) is 5. The molecule has 1 aromatic heterocycles. The Kier molecular flexibility index (Phi) is 4.60. The molecular formula is C13H11ClN2O3S. The Morgan fingerprint density at radius 1 is 1.55 bits per heavy atom. The Bertz CT molecular complexity index is 641. The number of phenolic OH excluding ortho intramolecular Hbond substituents is 1. The fourth-order valence-electron chi connectivity index (χ4n) is 1.45. The molecule has 1 amide bonds. The molecule has 0 unspecified atom stereocenters. The van der Waals surface area contributed by atoms with E-state index in [1.54, 1.807) is 18.2 Å². The standard InChI is InChI=1S/C13H11ClN2O3S/c1-19-10-6-8(5-9(14)12(10)17)7-15-16-13(18)11-3-2-4-20-11/h2-7,17H,1H3,(H,16,18)/b15-7+. The summed E-state index contributed by atoms with van der Waals surface area (Å²) in [5.74, 6) is -0.175. The number of methoxy groups -OCH3 is 1. The van der Waals surface area contributed by atoms with Crippen molar-refractivity contribution in [2.45, 2.75) is 0 Å². The van der Waals surface area contributed by atoms with Crippen molar-refractivity contribution < 1.29 is 14.6 Å². The maximum absolute atomic E-state index is 11.6. The topological polar surface area (TPSA) is 70.9 Å². The predicted molar refractivity (Wildman–Crippen MR) is 79.0 cm³/mol. The highest BCUT2D eigenvalue weighted by Crippen LogP contribution is 2.34. The lowest BCUT2D eigenvalue weighted by Gasteiger charge is -2.05. The zero-order valence-electron chi connectivity index (χ0n) is 10.5. The van der Waals surface area contributed by atoms with E-state index < -0.39 is 0 Å². The minimum atomic E-state index is -0.284. The van der Waals surface area contributed by atoms with Gasteiger partial charge in [-0.05, 0) is 29.1 Å². The van der Waals surface area contributed by atoms with Crippen molar-refractivity contribution in [2.75, 3.05) is 7.11 Å². The molecule has 0 fully saturated rings. The van der Waals surface area contributed by atoms with E-state index in [1.165, 1.54) is 30.7 Å². The number of nitrogens with zero attached hydrogens (tertiary/aromatic N) is 1. The minimum Gasteiger partial charge on any atom is -0.503 e. The Morgan fingerprint density at radius 2 is 2.35 bits per heavy atom. The molecule has 0 aliphatic rings. The van der Waals surface area contributed by atoms with E-state index in [0.29, 0.717) is 10.4 Å². The Balaban J connectivity index is 2.08. The van der Waals surface area contributed by atoms with E-state index >= 15 is 0 Å². The summed E-state index contributed by atoms with van der Waals surface area (Å²) in [6.45, 7) is 0. The number of hydrazone groups is 1. The first-order valence-corrected chi connectivity index (χ1v) is 6.81. The number of benzene rings is 1. The zero-order chi connectivity index (χ0) is 14.5. The summed E-state index contributed by atoms with van der Waals surface area (Å²) >= 11 is 7.17. The largest absolute Gasteiger partial charge is 0.503 e.